The third-order valence-corrected chi connectivity index (χ3v) is 4.84. The summed E-state index contributed by atoms with van der Waals surface area (Å²) in [5.41, 5.74) is 5.16. The van der Waals surface area contributed by atoms with E-state index in [-0.39, 0.29) is 0 Å². The van der Waals surface area contributed by atoms with Crippen molar-refractivity contribution in [1.29, 1.82) is 0 Å². The van der Waals surface area contributed by atoms with Crippen LogP contribution in [0.2, 0.25) is 5.02 Å². The number of anilines is 1. The van der Waals surface area contributed by atoms with Gasteiger partial charge in [-0.3, -0.25) is 0 Å². The number of halogens is 2. The minimum atomic E-state index is 0.488. The van der Waals surface area contributed by atoms with Crippen LogP contribution in [0.5, 0.6) is 0 Å². The highest BCUT2D eigenvalue weighted by Crippen LogP contribution is 2.27. The maximum absolute atomic E-state index is 6.18. The van der Waals surface area contributed by atoms with Crippen LogP contribution in [0.3, 0.4) is 0 Å². The first-order valence-electron chi connectivity index (χ1n) is 6.92. The molecule has 104 valence electrons. The summed E-state index contributed by atoms with van der Waals surface area (Å²) in [7, 11) is 0. The zero-order valence-corrected chi connectivity index (χ0v) is 13.8. The van der Waals surface area contributed by atoms with Crippen molar-refractivity contribution in [2.24, 2.45) is 0 Å². The van der Waals surface area contributed by atoms with Crippen LogP contribution in [0.25, 0.3) is 0 Å². The molecule has 1 aliphatic carbocycles. The van der Waals surface area contributed by atoms with Gasteiger partial charge in [-0.2, -0.15) is 0 Å². The lowest BCUT2D eigenvalue weighted by molar-refractivity contribution is 0.610. The Balaban J connectivity index is 1.74. The smallest absolute Gasteiger partial charge is 0.0455 e. The summed E-state index contributed by atoms with van der Waals surface area (Å²) >= 11 is 9.73. The third kappa shape index (κ3) is 3.02. The van der Waals surface area contributed by atoms with Gasteiger partial charge in [0.2, 0.25) is 0 Å². The first-order chi connectivity index (χ1) is 9.61. The molecule has 0 bridgehead atoms. The number of hydrogen-bond acceptors (Lipinski definition) is 1. The molecule has 2 aromatic carbocycles. The molecule has 3 rings (SSSR count). The summed E-state index contributed by atoms with van der Waals surface area (Å²) in [6.07, 6.45) is 3.37. The van der Waals surface area contributed by atoms with Crippen LogP contribution in [-0.4, -0.2) is 6.04 Å². The van der Waals surface area contributed by atoms with Gasteiger partial charge in [0.05, 0.1) is 0 Å². The lowest BCUT2D eigenvalue weighted by Crippen LogP contribution is -2.27. The van der Waals surface area contributed by atoms with E-state index in [1.54, 1.807) is 0 Å². The predicted molar refractivity (Wildman–Crippen MR) is 89.8 cm³/mol. The number of aryl methyl sites for hydroxylation is 2. The Kier molecular flexibility index (Phi) is 4.04. The number of fused-ring (bicyclic) bond motifs is 1. The van der Waals surface area contributed by atoms with E-state index in [4.69, 9.17) is 11.6 Å². The Bertz CT molecular complexity index is 639. The van der Waals surface area contributed by atoms with E-state index >= 15 is 0 Å². The highest BCUT2D eigenvalue weighted by Gasteiger charge is 2.18. The molecule has 1 nitrogen and oxygen atoms in total. The Labute approximate surface area is 133 Å². The van der Waals surface area contributed by atoms with E-state index in [9.17, 15) is 0 Å². The van der Waals surface area contributed by atoms with Gasteiger partial charge in [-0.15, -0.1) is 0 Å². The molecule has 0 aromatic heterocycles. The molecule has 1 atom stereocenters. The molecule has 0 amide bonds. The largest absolute Gasteiger partial charge is 0.382 e. The highest BCUT2D eigenvalue weighted by molar-refractivity contribution is 9.10. The second kappa shape index (κ2) is 5.79. The van der Waals surface area contributed by atoms with Gasteiger partial charge in [-0.05, 0) is 67.1 Å². The molecule has 0 spiro atoms. The molecule has 0 aliphatic heterocycles. The number of nitrogens with one attached hydrogen (secondary N) is 1. The summed E-state index contributed by atoms with van der Waals surface area (Å²) in [5.74, 6) is 0. The summed E-state index contributed by atoms with van der Waals surface area (Å²) < 4.78 is 1.17. The van der Waals surface area contributed by atoms with Gasteiger partial charge < -0.3 is 5.32 Å². The quantitative estimate of drug-likeness (QED) is 0.766. The van der Waals surface area contributed by atoms with E-state index in [1.807, 2.05) is 13.0 Å². The van der Waals surface area contributed by atoms with Gasteiger partial charge in [-0.25, -0.2) is 0 Å². The standard InChI is InChI=1S/C17H17BrClN/c1-11-2-6-16(10-17(11)19)20-15-7-4-12-8-14(18)5-3-13(12)9-15/h2-3,5-6,8,10,15,20H,4,7,9H2,1H3. The monoisotopic (exact) mass is 349 g/mol. The van der Waals surface area contributed by atoms with Crippen LogP contribution in [-0.2, 0) is 12.8 Å². The topological polar surface area (TPSA) is 12.0 Å². The molecule has 0 heterocycles. The van der Waals surface area contributed by atoms with E-state index < -0.39 is 0 Å². The summed E-state index contributed by atoms with van der Waals surface area (Å²) in [4.78, 5) is 0. The molecule has 0 saturated heterocycles. The molecule has 1 N–H and O–H groups in total. The van der Waals surface area contributed by atoms with Gasteiger partial charge >= 0.3 is 0 Å². The van der Waals surface area contributed by atoms with Crippen molar-refractivity contribution in [1.82, 2.24) is 0 Å². The number of hydrogen-bond donors (Lipinski definition) is 1. The maximum atomic E-state index is 6.18. The van der Waals surface area contributed by atoms with Crippen molar-refractivity contribution in [3.8, 4) is 0 Å². The van der Waals surface area contributed by atoms with Crippen molar-refractivity contribution in [3.05, 3.63) is 62.6 Å². The normalized spacial score (nSPS) is 17.6. The Morgan fingerprint density at radius 3 is 2.80 bits per heavy atom. The van der Waals surface area contributed by atoms with Crippen LogP contribution >= 0.6 is 27.5 Å². The van der Waals surface area contributed by atoms with E-state index in [1.165, 1.54) is 15.6 Å². The average Bonchev–Trinajstić information content (AvgIpc) is 2.43. The van der Waals surface area contributed by atoms with Crippen LogP contribution in [0.15, 0.2) is 40.9 Å². The lowest BCUT2D eigenvalue weighted by atomic mass is 9.88. The summed E-state index contributed by atoms with van der Waals surface area (Å²) in [6.45, 7) is 2.03. The Morgan fingerprint density at radius 1 is 1.15 bits per heavy atom. The Morgan fingerprint density at radius 2 is 2.00 bits per heavy atom. The van der Waals surface area contributed by atoms with Crippen molar-refractivity contribution in [2.75, 3.05) is 5.32 Å². The molecule has 0 saturated carbocycles. The fraction of sp³-hybridized carbons (Fsp3) is 0.294. The molecule has 2 aromatic rings. The van der Waals surface area contributed by atoms with Crippen LogP contribution in [0.4, 0.5) is 5.69 Å². The van der Waals surface area contributed by atoms with Gasteiger partial charge in [0.15, 0.2) is 0 Å². The van der Waals surface area contributed by atoms with Gasteiger partial charge in [-0.1, -0.05) is 39.7 Å². The Hall–Kier alpha value is -0.990. The van der Waals surface area contributed by atoms with Crippen molar-refractivity contribution < 1.29 is 0 Å². The fourth-order valence-electron chi connectivity index (χ4n) is 2.77. The zero-order valence-electron chi connectivity index (χ0n) is 11.4. The second-order valence-electron chi connectivity index (χ2n) is 5.46. The molecule has 1 unspecified atom stereocenters. The third-order valence-electron chi connectivity index (χ3n) is 3.94. The van der Waals surface area contributed by atoms with Gasteiger partial charge in [0.1, 0.15) is 0 Å². The molecule has 3 heteroatoms. The SMILES string of the molecule is Cc1ccc(NC2CCc3cc(Br)ccc3C2)cc1Cl. The summed E-state index contributed by atoms with van der Waals surface area (Å²) in [6, 6.07) is 13.3. The molecule has 20 heavy (non-hydrogen) atoms. The van der Waals surface area contributed by atoms with Crippen molar-refractivity contribution in [3.63, 3.8) is 0 Å². The summed E-state index contributed by atoms with van der Waals surface area (Å²) in [5, 5.41) is 4.44. The van der Waals surface area contributed by atoms with E-state index in [0.717, 1.165) is 35.5 Å². The fourth-order valence-corrected chi connectivity index (χ4v) is 3.35. The minimum Gasteiger partial charge on any atom is -0.382 e. The lowest BCUT2D eigenvalue weighted by Gasteiger charge is -2.26. The number of benzene rings is 2. The first kappa shape index (κ1) is 14.0. The van der Waals surface area contributed by atoms with Crippen molar-refractivity contribution >= 4 is 33.2 Å². The van der Waals surface area contributed by atoms with Crippen molar-refractivity contribution in [2.45, 2.75) is 32.2 Å². The second-order valence-corrected chi connectivity index (χ2v) is 6.78. The average molecular weight is 351 g/mol. The predicted octanol–water partition coefficient (Wildman–Crippen LogP) is 5.38. The molecular weight excluding hydrogens is 334 g/mol. The maximum Gasteiger partial charge on any atom is 0.0455 e. The van der Waals surface area contributed by atoms with Gasteiger partial charge in [0.25, 0.3) is 0 Å². The van der Waals surface area contributed by atoms with E-state index in [2.05, 4.69) is 51.6 Å². The number of rotatable bonds is 2. The zero-order chi connectivity index (χ0) is 14.1. The van der Waals surface area contributed by atoms with Crippen LogP contribution < -0.4 is 5.32 Å². The highest BCUT2D eigenvalue weighted by atomic mass is 79.9. The first-order valence-corrected chi connectivity index (χ1v) is 8.09. The molecular formula is C17H17BrClN. The minimum absolute atomic E-state index is 0.488. The van der Waals surface area contributed by atoms with Crippen LogP contribution in [0, 0.1) is 6.92 Å². The molecule has 0 radical (unpaired) electrons. The van der Waals surface area contributed by atoms with Gasteiger partial charge in [0, 0.05) is 21.2 Å². The molecule has 1 aliphatic rings. The van der Waals surface area contributed by atoms with Crippen LogP contribution in [0.1, 0.15) is 23.1 Å². The van der Waals surface area contributed by atoms with E-state index in [0.29, 0.717) is 6.04 Å². The molecule has 0 fully saturated rings.